The van der Waals surface area contributed by atoms with Crippen LogP contribution in [0.3, 0.4) is 0 Å². The van der Waals surface area contributed by atoms with Gasteiger partial charge in [0, 0.05) is 11.6 Å². The van der Waals surface area contributed by atoms with E-state index in [0.717, 1.165) is 5.01 Å². The average Bonchev–Trinajstić information content (AvgIpc) is 3.30. The van der Waals surface area contributed by atoms with Gasteiger partial charge in [0.05, 0.1) is 34.4 Å². The molecule has 0 aliphatic rings. The number of rotatable bonds is 8. The minimum Gasteiger partial charge on any atom is -0.324 e. The summed E-state index contributed by atoms with van der Waals surface area (Å²) in [5.41, 5.74) is 0.672. The summed E-state index contributed by atoms with van der Waals surface area (Å²) < 4.78 is 23.7. The van der Waals surface area contributed by atoms with Crippen molar-refractivity contribution in [2.75, 3.05) is 11.1 Å². The van der Waals surface area contributed by atoms with Crippen LogP contribution in [0.4, 0.5) is 5.69 Å². The highest BCUT2D eigenvalue weighted by Gasteiger charge is 2.33. The smallest absolute Gasteiger partial charge is 0.228 e. The quantitative estimate of drug-likeness (QED) is 0.517. The van der Waals surface area contributed by atoms with Crippen molar-refractivity contribution in [3.63, 3.8) is 0 Å². The Morgan fingerprint density at radius 2 is 1.77 bits per heavy atom. The van der Waals surface area contributed by atoms with Crippen molar-refractivity contribution in [2.24, 2.45) is 0 Å². The first-order valence-corrected chi connectivity index (χ1v) is 12.2. The number of anilines is 1. The van der Waals surface area contributed by atoms with Crippen molar-refractivity contribution >= 4 is 38.6 Å². The van der Waals surface area contributed by atoms with E-state index in [1.54, 1.807) is 37.4 Å². The number of sulfone groups is 1. The first-order valence-electron chi connectivity index (χ1n) is 9.66. The molecule has 7 nitrogen and oxygen atoms in total. The third-order valence-electron chi connectivity index (χ3n) is 4.84. The molecule has 162 valence electrons. The van der Waals surface area contributed by atoms with Crippen LogP contribution in [0.1, 0.15) is 41.8 Å². The number of hydrogen-bond acceptors (Lipinski definition) is 7. The molecule has 0 radical (unpaired) electrons. The lowest BCUT2D eigenvalue weighted by atomic mass is 9.87. The average molecular weight is 458 g/mol. The Hall–Kier alpha value is -2.91. The summed E-state index contributed by atoms with van der Waals surface area (Å²) in [6, 6.07) is 9.48. The van der Waals surface area contributed by atoms with E-state index in [4.69, 9.17) is 0 Å². The van der Waals surface area contributed by atoms with Crippen LogP contribution in [0, 0.1) is 0 Å². The molecule has 3 rings (SSSR count). The van der Waals surface area contributed by atoms with Gasteiger partial charge < -0.3 is 5.32 Å². The molecule has 0 aliphatic heterocycles. The molecule has 2 aromatic heterocycles. The van der Waals surface area contributed by atoms with Gasteiger partial charge in [-0.25, -0.2) is 13.4 Å². The van der Waals surface area contributed by atoms with Gasteiger partial charge in [0.15, 0.2) is 15.6 Å². The number of Topliss-reactive ketones (excluding diaryl/α,β-unsaturated/α-hetero) is 1. The molecule has 0 bridgehead atoms. The Morgan fingerprint density at radius 3 is 2.32 bits per heavy atom. The van der Waals surface area contributed by atoms with E-state index >= 15 is 0 Å². The number of thiazole rings is 1. The standard InChI is InChI=1S/C22H23N3O4S2/c1-4-31(28,29)17-8-5-15(6-9-17)13-19(26)25-16-7-10-18(24-14-16)20(27)22(2,3)21-23-11-12-30-21/h5-12,14H,4,13H2,1-3H3,(H,25,26). The third-order valence-corrected chi connectivity index (χ3v) is 7.69. The molecule has 0 saturated heterocycles. The topological polar surface area (TPSA) is 106 Å². The van der Waals surface area contributed by atoms with Crippen molar-refractivity contribution < 1.29 is 18.0 Å². The number of carbonyl (C=O) groups is 2. The largest absolute Gasteiger partial charge is 0.324 e. The zero-order valence-electron chi connectivity index (χ0n) is 17.5. The fraction of sp³-hybridized carbons (Fsp3) is 0.273. The first kappa shape index (κ1) is 22.8. The predicted molar refractivity (Wildman–Crippen MR) is 120 cm³/mol. The summed E-state index contributed by atoms with van der Waals surface area (Å²) in [7, 11) is -3.27. The van der Waals surface area contributed by atoms with Crippen molar-refractivity contribution in [3.8, 4) is 0 Å². The van der Waals surface area contributed by atoms with Crippen molar-refractivity contribution in [1.82, 2.24) is 9.97 Å². The summed E-state index contributed by atoms with van der Waals surface area (Å²) in [6.07, 6.45) is 3.20. The Labute approximate surface area is 185 Å². The van der Waals surface area contributed by atoms with Crippen LogP contribution < -0.4 is 5.32 Å². The molecule has 1 aromatic carbocycles. The van der Waals surface area contributed by atoms with Gasteiger partial charge in [-0.1, -0.05) is 19.1 Å². The van der Waals surface area contributed by atoms with Crippen LogP contribution in [0.15, 0.2) is 59.1 Å². The van der Waals surface area contributed by atoms with Gasteiger partial charge >= 0.3 is 0 Å². The molecule has 0 aliphatic carbocycles. The lowest BCUT2D eigenvalue weighted by Crippen LogP contribution is -2.29. The van der Waals surface area contributed by atoms with E-state index in [9.17, 15) is 18.0 Å². The van der Waals surface area contributed by atoms with Crippen LogP contribution in [0.2, 0.25) is 0 Å². The minimum absolute atomic E-state index is 0.0271. The van der Waals surface area contributed by atoms with Crippen molar-refractivity contribution in [2.45, 2.75) is 37.5 Å². The van der Waals surface area contributed by atoms with E-state index in [-0.39, 0.29) is 28.8 Å². The number of nitrogens with zero attached hydrogens (tertiary/aromatic N) is 2. The number of nitrogens with one attached hydrogen (secondary N) is 1. The zero-order chi connectivity index (χ0) is 22.6. The second-order valence-electron chi connectivity index (χ2n) is 7.50. The lowest BCUT2D eigenvalue weighted by molar-refractivity contribution is -0.115. The number of aromatic nitrogens is 2. The maximum atomic E-state index is 12.8. The van der Waals surface area contributed by atoms with E-state index in [0.29, 0.717) is 16.9 Å². The normalized spacial score (nSPS) is 11.8. The molecule has 1 amide bonds. The highest BCUT2D eigenvalue weighted by molar-refractivity contribution is 7.91. The maximum absolute atomic E-state index is 12.8. The van der Waals surface area contributed by atoms with Crippen molar-refractivity contribution in [3.05, 3.63) is 70.4 Å². The third kappa shape index (κ3) is 5.23. The molecule has 2 heterocycles. The van der Waals surface area contributed by atoms with Crippen LogP contribution in [0.25, 0.3) is 0 Å². The Balaban J connectivity index is 1.63. The van der Waals surface area contributed by atoms with Gasteiger partial charge in [0.1, 0.15) is 10.7 Å². The van der Waals surface area contributed by atoms with E-state index in [1.807, 2.05) is 19.2 Å². The van der Waals surface area contributed by atoms with Gasteiger partial charge in [-0.2, -0.15) is 0 Å². The molecule has 31 heavy (non-hydrogen) atoms. The van der Waals surface area contributed by atoms with Gasteiger partial charge in [-0.15, -0.1) is 11.3 Å². The van der Waals surface area contributed by atoms with Gasteiger partial charge in [-0.3, -0.25) is 14.6 Å². The highest BCUT2D eigenvalue weighted by Crippen LogP contribution is 2.28. The Kier molecular flexibility index (Phi) is 6.66. The Morgan fingerprint density at radius 1 is 1.06 bits per heavy atom. The highest BCUT2D eigenvalue weighted by atomic mass is 32.2. The summed E-state index contributed by atoms with van der Waals surface area (Å²) in [5, 5.41) is 5.28. The molecule has 0 spiro atoms. The fourth-order valence-corrected chi connectivity index (χ4v) is 4.57. The molecule has 9 heteroatoms. The number of benzene rings is 1. The van der Waals surface area contributed by atoms with E-state index < -0.39 is 15.3 Å². The lowest BCUT2D eigenvalue weighted by Gasteiger charge is -2.19. The van der Waals surface area contributed by atoms with Crippen LogP contribution in [0.5, 0.6) is 0 Å². The minimum atomic E-state index is -3.27. The SMILES string of the molecule is CCS(=O)(=O)c1ccc(CC(=O)Nc2ccc(C(=O)C(C)(C)c3nccs3)nc2)cc1. The number of hydrogen-bond donors (Lipinski definition) is 1. The number of ketones is 1. The summed E-state index contributed by atoms with van der Waals surface area (Å²) in [5.74, 6) is -0.392. The molecule has 0 saturated carbocycles. The van der Waals surface area contributed by atoms with Crippen LogP contribution in [-0.2, 0) is 26.5 Å². The summed E-state index contributed by atoms with van der Waals surface area (Å²) >= 11 is 1.42. The zero-order valence-corrected chi connectivity index (χ0v) is 19.1. The molecule has 0 fully saturated rings. The van der Waals surface area contributed by atoms with Crippen LogP contribution >= 0.6 is 11.3 Å². The molecular formula is C22H23N3O4S2. The van der Waals surface area contributed by atoms with E-state index in [2.05, 4.69) is 15.3 Å². The maximum Gasteiger partial charge on any atom is 0.228 e. The van der Waals surface area contributed by atoms with Gasteiger partial charge in [-0.05, 0) is 43.7 Å². The second kappa shape index (κ2) is 9.07. The molecular weight excluding hydrogens is 434 g/mol. The first-order chi connectivity index (χ1) is 14.6. The number of pyridine rings is 1. The van der Waals surface area contributed by atoms with Crippen LogP contribution in [-0.4, -0.2) is 35.8 Å². The van der Waals surface area contributed by atoms with E-state index in [1.165, 1.54) is 29.7 Å². The predicted octanol–water partition coefficient (Wildman–Crippen LogP) is 3.67. The number of amides is 1. The van der Waals surface area contributed by atoms with Gasteiger partial charge in [0.25, 0.3) is 0 Å². The van der Waals surface area contributed by atoms with Gasteiger partial charge in [0.2, 0.25) is 5.91 Å². The molecule has 3 aromatic rings. The number of carbonyl (C=O) groups excluding carboxylic acids is 2. The summed E-state index contributed by atoms with van der Waals surface area (Å²) in [4.78, 5) is 33.8. The Bertz CT molecular complexity index is 1170. The summed E-state index contributed by atoms with van der Waals surface area (Å²) in [6.45, 7) is 5.20. The molecule has 0 atom stereocenters. The fourth-order valence-electron chi connectivity index (χ4n) is 2.92. The second-order valence-corrected chi connectivity index (χ2v) is 10.7. The molecule has 0 unspecified atom stereocenters. The van der Waals surface area contributed by atoms with Crippen molar-refractivity contribution in [1.29, 1.82) is 0 Å². The monoisotopic (exact) mass is 457 g/mol. The molecule has 1 N–H and O–H groups in total.